The molecule has 0 aliphatic carbocycles. The van der Waals surface area contributed by atoms with E-state index in [0.29, 0.717) is 5.69 Å². The fraction of sp³-hybridized carbons (Fsp3) is 0.727. The molecule has 1 fully saturated rings. The first kappa shape index (κ1) is 11.3. The molecule has 1 aliphatic rings. The monoisotopic (exact) mass is 222 g/mol. The maximum absolute atomic E-state index is 11.2. The van der Waals surface area contributed by atoms with Crippen LogP contribution in [0.25, 0.3) is 0 Å². The summed E-state index contributed by atoms with van der Waals surface area (Å²) in [6.07, 6.45) is 2.60. The van der Waals surface area contributed by atoms with E-state index in [1.807, 2.05) is 11.6 Å². The van der Waals surface area contributed by atoms with Crippen LogP contribution in [0.2, 0.25) is 0 Å². The van der Waals surface area contributed by atoms with E-state index in [0.717, 1.165) is 18.8 Å². The number of aromatic nitrogens is 3. The molecule has 5 heteroatoms. The zero-order chi connectivity index (χ0) is 11.5. The SMILES string of the molecule is CC(=O)c1nnn(CCN2CCCC2)c1C. The van der Waals surface area contributed by atoms with Crippen molar-refractivity contribution in [1.82, 2.24) is 19.9 Å². The molecule has 1 aromatic heterocycles. The van der Waals surface area contributed by atoms with Crippen molar-refractivity contribution >= 4 is 5.78 Å². The number of ketones is 1. The molecule has 0 atom stereocenters. The summed E-state index contributed by atoms with van der Waals surface area (Å²) in [7, 11) is 0. The predicted octanol–water partition coefficient (Wildman–Crippen LogP) is 0.885. The van der Waals surface area contributed by atoms with E-state index in [1.54, 1.807) is 0 Å². The Morgan fingerprint density at radius 3 is 2.56 bits per heavy atom. The number of carbonyl (C=O) groups excluding carboxylic acids is 1. The van der Waals surface area contributed by atoms with E-state index < -0.39 is 0 Å². The summed E-state index contributed by atoms with van der Waals surface area (Å²) in [5, 5.41) is 7.92. The van der Waals surface area contributed by atoms with E-state index in [1.165, 1.54) is 32.9 Å². The summed E-state index contributed by atoms with van der Waals surface area (Å²) in [4.78, 5) is 13.6. The van der Waals surface area contributed by atoms with Gasteiger partial charge in [0.1, 0.15) is 0 Å². The molecule has 0 N–H and O–H groups in total. The Kier molecular flexibility index (Phi) is 3.33. The van der Waals surface area contributed by atoms with Crippen molar-refractivity contribution in [1.29, 1.82) is 0 Å². The fourth-order valence-electron chi connectivity index (χ4n) is 2.14. The molecule has 16 heavy (non-hydrogen) atoms. The van der Waals surface area contributed by atoms with Gasteiger partial charge in [0.25, 0.3) is 0 Å². The lowest BCUT2D eigenvalue weighted by Crippen LogP contribution is -2.24. The largest absolute Gasteiger partial charge is 0.301 e. The molecule has 0 bridgehead atoms. The minimum absolute atomic E-state index is 0.00933. The van der Waals surface area contributed by atoms with Crippen molar-refractivity contribution in [3.8, 4) is 0 Å². The molecule has 5 nitrogen and oxygen atoms in total. The van der Waals surface area contributed by atoms with E-state index in [2.05, 4.69) is 15.2 Å². The van der Waals surface area contributed by atoms with Gasteiger partial charge in [0.05, 0.1) is 12.2 Å². The lowest BCUT2D eigenvalue weighted by atomic mass is 10.2. The summed E-state index contributed by atoms with van der Waals surface area (Å²) in [6, 6.07) is 0. The summed E-state index contributed by atoms with van der Waals surface area (Å²) < 4.78 is 1.83. The molecule has 0 spiro atoms. The number of hydrogen-bond acceptors (Lipinski definition) is 4. The van der Waals surface area contributed by atoms with Gasteiger partial charge in [-0.3, -0.25) is 4.79 Å². The Hall–Kier alpha value is -1.23. The van der Waals surface area contributed by atoms with Gasteiger partial charge in [0.2, 0.25) is 0 Å². The lowest BCUT2D eigenvalue weighted by molar-refractivity contribution is 0.101. The zero-order valence-electron chi connectivity index (χ0n) is 9.94. The van der Waals surface area contributed by atoms with Crippen LogP contribution in [0.1, 0.15) is 35.9 Å². The number of rotatable bonds is 4. The van der Waals surface area contributed by atoms with Gasteiger partial charge in [0.15, 0.2) is 11.5 Å². The second-order valence-corrected chi connectivity index (χ2v) is 4.35. The average Bonchev–Trinajstić information content (AvgIpc) is 2.84. The van der Waals surface area contributed by atoms with Gasteiger partial charge >= 0.3 is 0 Å². The highest BCUT2D eigenvalue weighted by atomic mass is 16.1. The quantitative estimate of drug-likeness (QED) is 0.710. The van der Waals surface area contributed by atoms with Crippen LogP contribution in [0.5, 0.6) is 0 Å². The van der Waals surface area contributed by atoms with Gasteiger partial charge in [-0.1, -0.05) is 5.21 Å². The van der Waals surface area contributed by atoms with Crippen LogP contribution in [0.4, 0.5) is 0 Å². The molecule has 88 valence electrons. The Morgan fingerprint density at radius 2 is 2.00 bits per heavy atom. The molecule has 0 unspecified atom stereocenters. The second-order valence-electron chi connectivity index (χ2n) is 4.35. The van der Waals surface area contributed by atoms with Crippen LogP contribution < -0.4 is 0 Å². The summed E-state index contributed by atoms with van der Waals surface area (Å²) >= 11 is 0. The highest BCUT2D eigenvalue weighted by molar-refractivity contribution is 5.92. The van der Waals surface area contributed by atoms with Crippen molar-refractivity contribution in [3.05, 3.63) is 11.4 Å². The number of likely N-dealkylation sites (tertiary alicyclic amines) is 1. The van der Waals surface area contributed by atoms with Crippen LogP contribution in [0.15, 0.2) is 0 Å². The summed E-state index contributed by atoms with van der Waals surface area (Å²) in [5.74, 6) is -0.00933. The van der Waals surface area contributed by atoms with E-state index in [9.17, 15) is 4.79 Å². The highest BCUT2D eigenvalue weighted by Crippen LogP contribution is 2.08. The minimum atomic E-state index is -0.00933. The van der Waals surface area contributed by atoms with Crippen LogP contribution in [-0.2, 0) is 6.54 Å². The lowest BCUT2D eigenvalue weighted by Gasteiger charge is -2.14. The van der Waals surface area contributed by atoms with Gasteiger partial charge < -0.3 is 4.90 Å². The minimum Gasteiger partial charge on any atom is -0.301 e. The molecule has 0 aromatic carbocycles. The highest BCUT2D eigenvalue weighted by Gasteiger charge is 2.14. The maximum Gasteiger partial charge on any atom is 0.181 e. The third-order valence-electron chi connectivity index (χ3n) is 3.14. The second kappa shape index (κ2) is 4.74. The molecule has 1 aromatic rings. The normalized spacial score (nSPS) is 16.9. The van der Waals surface area contributed by atoms with Crippen molar-refractivity contribution in [2.75, 3.05) is 19.6 Å². The predicted molar refractivity (Wildman–Crippen MR) is 60.4 cm³/mol. The average molecular weight is 222 g/mol. The van der Waals surface area contributed by atoms with Gasteiger partial charge in [0, 0.05) is 13.5 Å². The van der Waals surface area contributed by atoms with Crippen LogP contribution in [-0.4, -0.2) is 45.3 Å². The molecule has 0 radical (unpaired) electrons. The summed E-state index contributed by atoms with van der Waals surface area (Å²) in [6.45, 7) is 7.64. The van der Waals surface area contributed by atoms with Crippen LogP contribution >= 0.6 is 0 Å². The van der Waals surface area contributed by atoms with E-state index in [4.69, 9.17) is 0 Å². The van der Waals surface area contributed by atoms with E-state index in [-0.39, 0.29) is 5.78 Å². The van der Waals surface area contributed by atoms with Gasteiger partial charge in [-0.15, -0.1) is 5.10 Å². The van der Waals surface area contributed by atoms with Crippen LogP contribution in [0.3, 0.4) is 0 Å². The van der Waals surface area contributed by atoms with Gasteiger partial charge in [-0.05, 0) is 32.9 Å². The third kappa shape index (κ3) is 2.29. The molecule has 2 rings (SSSR count). The van der Waals surface area contributed by atoms with Crippen LogP contribution in [0, 0.1) is 6.92 Å². The maximum atomic E-state index is 11.2. The molecular weight excluding hydrogens is 204 g/mol. The standard InChI is InChI=1S/C11H18N4O/c1-9-11(10(2)16)12-13-15(9)8-7-14-5-3-4-6-14/h3-8H2,1-2H3. The Bertz CT molecular complexity index is 379. The summed E-state index contributed by atoms with van der Waals surface area (Å²) in [5.41, 5.74) is 1.38. The number of hydrogen-bond donors (Lipinski definition) is 0. The Balaban J connectivity index is 1.96. The Labute approximate surface area is 95.4 Å². The van der Waals surface area contributed by atoms with Crippen molar-refractivity contribution in [2.24, 2.45) is 0 Å². The number of Topliss-reactive ketones (excluding diaryl/α,β-unsaturated/α-hetero) is 1. The van der Waals surface area contributed by atoms with Crippen molar-refractivity contribution in [2.45, 2.75) is 33.2 Å². The smallest absolute Gasteiger partial charge is 0.181 e. The molecule has 0 amide bonds. The third-order valence-corrected chi connectivity index (χ3v) is 3.14. The first-order valence-electron chi connectivity index (χ1n) is 5.82. The van der Waals surface area contributed by atoms with Gasteiger partial charge in [-0.2, -0.15) is 0 Å². The Morgan fingerprint density at radius 1 is 1.31 bits per heavy atom. The number of carbonyl (C=O) groups is 1. The molecule has 0 saturated carbocycles. The zero-order valence-corrected chi connectivity index (χ0v) is 9.94. The fourth-order valence-corrected chi connectivity index (χ4v) is 2.14. The molecule has 1 saturated heterocycles. The number of nitrogens with zero attached hydrogens (tertiary/aromatic N) is 4. The molecule has 1 aliphatic heterocycles. The topological polar surface area (TPSA) is 51.0 Å². The first-order valence-corrected chi connectivity index (χ1v) is 5.82. The van der Waals surface area contributed by atoms with Gasteiger partial charge in [-0.25, -0.2) is 4.68 Å². The van der Waals surface area contributed by atoms with Crippen molar-refractivity contribution in [3.63, 3.8) is 0 Å². The first-order chi connectivity index (χ1) is 7.68. The molecular formula is C11H18N4O. The van der Waals surface area contributed by atoms with E-state index >= 15 is 0 Å². The van der Waals surface area contributed by atoms with Crippen molar-refractivity contribution < 1.29 is 4.79 Å². The molecule has 2 heterocycles.